The Labute approximate surface area is 101 Å². The van der Waals surface area contributed by atoms with Gasteiger partial charge >= 0.3 is 6.18 Å². The van der Waals surface area contributed by atoms with E-state index in [1.54, 1.807) is 6.07 Å². The van der Waals surface area contributed by atoms with Gasteiger partial charge in [0.05, 0.1) is 23.8 Å². The van der Waals surface area contributed by atoms with Crippen molar-refractivity contribution in [3.63, 3.8) is 0 Å². The Hall–Kier alpha value is -2.07. The average Bonchev–Trinajstić information content (AvgIpc) is 2.33. The lowest BCUT2D eigenvalue weighted by Gasteiger charge is -2.09. The van der Waals surface area contributed by atoms with Gasteiger partial charge in [0.2, 0.25) is 6.41 Å². The number of carbonyl (C=O) groups is 1. The first-order valence-corrected chi connectivity index (χ1v) is 4.90. The van der Waals surface area contributed by atoms with Gasteiger partial charge in [0, 0.05) is 0 Å². The van der Waals surface area contributed by atoms with Crippen LogP contribution in [0.15, 0.2) is 18.2 Å². The monoisotopic (exact) mass is 258 g/mol. The number of benzene rings is 1. The molecule has 0 atom stereocenters. The largest absolute Gasteiger partial charge is 0.416 e. The molecule has 0 radical (unpaired) electrons. The third-order valence-corrected chi connectivity index (χ3v) is 2.16. The van der Waals surface area contributed by atoms with Gasteiger partial charge in [0.1, 0.15) is 0 Å². The number of amides is 1. The van der Waals surface area contributed by atoms with E-state index >= 15 is 0 Å². The zero-order valence-electron chi connectivity index (χ0n) is 9.12. The highest BCUT2D eigenvalue weighted by Crippen LogP contribution is 2.30. The first-order chi connectivity index (χ1) is 8.49. The fourth-order valence-corrected chi connectivity index (χ4v) is 1.33. The van der Waals surface area contributed by atoms with Crippen molar-refractivity contribution in [3.8, 4) is 6.07 Å². The molecule has 7 heteroatoms. The van der Waals surface area contributed by atoms with Gasteiger partial charge < -0.3 is 0 Å². The molecular formula is C11H9F3N2O2. The molecule has 0 aliphatic heterocycles. The minimum absolute atomic E-state index is 0.0560. The summed E-state index contributed by atoms with van der Waals surface area (Å²) in [5.74, 6) is 0. The molecule has 4 nitrogen and oxygen atoms in total. The second kappa shape index (κ2) is 6.02. The highest BCUT2D eigenvalue weighted by atomic mass is 19.4. The van der Waals surface area contributed by atoms with E-state index in [2.05, 4.69) is 4.84 Å². The van der Waals surface area contributed by atoms with Gasteiger partial charge in [0.15, 0.2) is 0 Å². The van der Waals surface area contributed by atoms with Gasteiger partial charge in [-0.1, -0.05) is 6.07 Å². The molecule has 1 N–H and O–H groups in total. The van der Waals surface area contributed by atoms with Gasteiger partial charge in [0.25, 0.3) is 0 Å². The lowest BCUT2D eigenvalue weighted by atomic mass is 10.0. The standard InChI is InChI=1S/C11H9F3N2O2/c12-11(13,14)10-2-1-8(9(5-10)6-15)3-4-18-16-7-17/h1-2,5,7H,3-4H2,(H,16,17). The Kier molecular flexibility index (Phi) is 4.68. The van der Waals surface area contributed by atoms with Crippen LogP contribution in [-0.4, -0.2) is 13.0 Å². The van der Waals surface area contributed by atoms with Crippen LogP contribution in [-0.2, 0) is 22.2 Å². The summed E-state index contributed by atoms with van der Waals surface area (Å²) >= 11 is 0. The molecule has 0 aliphatic rings. The molecule has 0 spiro atoms. The van der Waals surface area contributed by atoms with Crippen molar-refractivity contribution in [2.45, 2.75) is 12.6 Å². The van der Waals surface area contributed by atoms with E-state index in [-0.39, 0.29) is 18.6 Å². The van der Waals surface area contributed by atoms with Crippen LogP contribution in [0.4, 0.5) is 13.2 Å². The van der Waals surface area contributed by atoms with Gasteiger partial charge in [-0.25, -0.2) is 5.48 Å². The Morgan fingerprint density at radius 1 is 1.44 bits per heavy atom. The average molecular weight is 258 g/mol. The van der Waals surface area contributed by atoms with Crippen molar-refractivity contribution in [3.05, 3.63) is 34.9 Å². The number of carbonyl (C=O) groups excluding carboxylic acids is 1. The van der Waals surface area contributed by atoms with Crippen molar-refractivity contribution in [2.24, 2.45) is 0 Å². The van der Waals surface area contributed by atoms with Crippen LogP contribution in [0.3, 0.4) is 0 Å². The van der Waals surface area contributed by atoms with E-state index in [1.807, 2.05) is 5.48 Å². The summed E-state index contributed by atoms with van der Waals surface area (Å²) in [6.07, 6.45) is -3.92. The van der Waals surface area contributed by atoms with Gasteiger partial charge in [-0.3, -0.25) is 9.63 Å². The number of hydrogen-bond acceptors (Lipinski definition) is 3. The van der Waals surface area contributed by atoms with Crippen LogP contribution >= 0.6 is 0 Å². The molecule has 0 aromatic heterocycles. The van der Waals surface area contributed by atoms with E-state index in [9.17, 15) is 18.0 Å². The number of nitrogens with one attached hydrogen (secondary N) is 1. The third-order valence-electron chi connectivity index (χ3n) is 2.16. The first kappa shape index (κ1) is 14.0. The number of hydrogen-bond donors (Lipinski definition) is 1. The van der Waals surface area contributed by atoms with Crippen LogP contribution in [0, 0.1) is 11.3 Å². The lowest BCUT2D eigenvalue weighted by Crippen LogP contribution is -2.14. The third kappa shape index (κ3) is 3.75. The van der Waals surface area contributed by atoms with Gasteiger partial charge in [-0.05, 0) is 24.1 Å². The summed E-state index contributed by atoms with van der Waals surface area (Å²) in [6.45, 7) is 0.0682. The molecule has 1 rings (SSSR count). The summed E-state index contributed by atoms with van der Waals surface area (Å²) in [4.78, 5) is 14.5. The number of nitrogens with zero attached hydrogens (tertiary/aromatic N) is 1. The van der Waals surface area contributed by atoms with Gasteiger partial charge in [-0.2, -0.15) is 18.4 Å². The first-order valence-electron chi connectivity index (χ1n) is 4.90. The summed E-state index contributed by atoms with van der Waals surface area (Å²) in [5.41, 5.74) is 1.46. The molecule has 1 amide bonds. The molecule has 0 unspecified atom stereocenters. The van der Waals surface area contributed by atoms with Gasteiger partial charge in [-0.15, -0.1) is 0 Å². The normalized spacial score (nSPS) is 10.8. The molecule has 1 aromatic rings. The number of nitriles is 1. The van der Waals surface area contributed by atoms with Crippen LogP contribution < -0.4 is 5.48 Å². The number of halogens is 3. The van der Waals surface area contributed by atoms with Crippen molar-refractivity contribution in [1.82, 2.24) is 5.48 Å². The van der Waals surface area contributed by atoms with Crippen molar-refractivity contribution in [2.75, 3.05) is 6.61 Å². The second-order valence-electron chi connectivity index (χ2n) is 3.32. The summed E-state index contributed by atoms with van der Waals surface area (Å²) in [5, 5.41) is 8.78. The smallest absolute Gasteiger partial charge is 0.277 e. The van der Waals surface area contributed by atoms with Crippen LogP contribution in [0.1, 0.15) is 16.7 Å². The Morgan fingerprint density at radius 3 is 2.72 bits per heavy atom. The highest BCUT2D eigenvalue weighted by molar-refractivity contribution is 5.44. The summed E-state index contributed by atoms with van der Waals surface area (Å²) < 4.78 is 37.2. The minimum atomic E-state index is -4.47. The molecule has 18 heavy (non-hydrogen) atoms. The molecule has 0 saturated heterocycles. The maximum Gasteiger partial charge on any atom is 0.416 e. The highest BCUT2D eigenvalue weighted by Gasteiger charge is 2.30. The predicted octanol–water partition coefficient (Wildman–Crippen LogP) is 1.80. The van der Waals surface area contributed by atoms with E-state index < -0.39 is 11.7 Å². The predicted molar refractivity (Wildman–Crippen MR) is 55.0 cm³/mol. The molecule has 1 aromatic carbocycles. The van der Waals surface area contributed by atoms with Crippen molar-refractivity contribution >= 4 is 6.41 Å². The molecule has 96 valence electrons. The fourth-order valence-electron chi connectivity index (χ4n) is 1.33. The number of rotatable bonds is 5. The van der Waals surface area contributed by atoms with E-state index in [4.69, 9.17) is 5.26 Å². The summed E-state index contributed by atoms with van der Waals surface area (Å²) in [6, 6.07) is 4.63. The zero-order chi connectivity index (χ0) is 13.6. The molecular weight excluding hydrogens is 249 g/mol. The zero-order valence-corrected chi connectivity index (χ0v) is 9.12. The fraction of sp³-hybridized carbons (Fsp3) is 0.273. The van der Waals surface area contributed by atoms with Crippen LogP contribution in [0.2, 0.25) is 0 Å². The topological polar surface area (TPSA) is 62.1 Å². The number of alkyl halides is 3. The van der Waals surface area contributed by atoms with Crippen molar-refractivity contribution < 1.29 is 22.8 Å². The van der Waals surface area contributed by atoms with E-state index in [0.717, 1.165) is 12.1 Å². The molecule has 0 bridgehead atoms. The number of hydroxylamine groups is 1. The maximum atomic E-state index is 12.4. The molecule has 0 heterocycles. The molecule has 0 aliphatic carbocycles. The summed E-state index contributed by atoms with van der Waals surface area (Å²) in [7, 11) is 0. The van der Waals surface area contributed by atoms with E-state index in [0.29, 0.717) is 12.0 Å². The molecule has 0 fully saturated rings. The maximum absolute atomic E-state index is 12.4. The minimum Gasteiger partial charge on any atom is -0.277 e. The Morgan fingerprint density at radius 2 is 2.17 bits per heavy atom. The van der Waals surface area contributed by atoms with Crippen LogP contribution in [0.5, 0.6) is 0 Å². The Bertz CT molecular complexity index is 466. The molecule has 0 saturated carbocycles. The Balaban J connectivity index is 2.82. The van der Waals surface area contributed by atoms with Crippen molar-refractivity contribution in [1.29, 1.82) is 5.26 Å². The SMILES string of the molecule is N#Cc1cc(C(F)(F)F)ccc1CCONC=O. The second-order valence-corrected chi connectivity index (χ2v) is 3.32. The quantitative estimate of drug-likeness (QED) is 0.497. The van der Waals surface area contributed by atoms with E-state index in [1.165, 1.54) is 6.07 Å². The van der Waals surface area contributed by atoms with Crippen LogP contribution in [0.25, 0.3) is 0 Å². The lowest BCUT2D eigenvalue weighted by molar-refractivity contribution is -0.137.